The molecular weight excluding hydrogens is 394 g/mol. The van der Waals surface area contributed by atoms with Crippen LogP contribution in [0.4, 0.5) is 11.6 Å². The van der Waals surface area contributed by atoms with E-state index in [9.17, 15) is 0 Å². The topological polar surface area (TPSA) is 121 Å². The Morgan fingerprint density at radius 2 is 2.16 bits per heavy atom. The summed E-state index contributed by atoms with van der Waals surface area (Å²) in [4.78, 5) is 8.45. The third kappa shape index (κ3) is 4.75. The summed E-state index contributed by atoms with van der Waals surface area (Å²) in [5, 5.41) is 22.9. The molecule has 1 aliphatic heterocycles. The lowest BCUT2D eigenvalue weighted by atomic mass is 10.0. The molecule has 2 aromatic heterocycles. The van der Waals surface area contributed by atoms with Crippen LogP contribution in [0.2, 0.25) is 0 Å². The molecule has 1 aromatic carbocycles. The molecule has 3 heterocycles. The van der Waals surface area contributed by atoms with E-state index in [-0.39, 0.29) is 0 Å². The van der Waals surface area contributed by atoms with Crippen molar-refractivity contribution in [2.45, 2.75) is 19.8 Å². The van der Waals surface area contributed by atoms with Crippen LogP contribution in [0.3, 0.4) is 0 Å². The summed E-state index contributed by atoms with van der Waals surface area (Å²) in [7, 11) is 1.64. The molecule has 4 rings (SSSR count). The molecule has 31 heavy (non-hydrogen) atoms. The van der Waals surface area contributed by atoms with Crippen molar-refractivity contribution in [3.63, 3.8) is 0 Å². The third-order valence-electron chi connectivity index (χ3n) is 5.24. The van der Waals surface area contributed by atoms with Gasteiger partial charge in [0.1, 0.15) is 23.4 Å². The number of methoxy groups -OCH3 is 1. The molecule has 0 saturated carbocycles. The number of aromatic nitrogens is 4. The molecule has 9 nitrogen and oxygen atoms in total. The number of benzene rings is 1. The van der Waals surface area contributed by atoms with Gasteiger partial charge in [0.25, 0.3) is 0 Å². The molecule has 160 valence electrons. The fraction of sp³-hybridized carbons (Fsp3) is 0.364. The number of ether oxygens (including phenoxy) is 2. The van der Waals surface area contributed by atoms with Crippen molar-refractivity contribution in [1.82, 2.24) is 25.5 Å². The van der Waals surface area contributed by atoms with Gasteiger partial charge in [-0.2, -0.15) is 10.4 Å². The van der Waals surface area contributed by atoms with Gasteiger partial charge in [-0.25, -0.2) is 9.97 Å². The summed E-state index contributed by atoms with van der Waals surface area (Å²) in [6, 6.07) is 9.63. The Hall–Kier alpha value is -3.64. The van der Waals surface area contributed by atoms with Gasteiger partial charge in [0.05, 0.1) is 36.9 Å². The first-order chi connectivity index (χ1) is 15.2. The van der Waals surface area contributed by atoms with Gasteiger partial charge in [0.2, 0.25) is 0 Å². The van der Waals surface area contributed by atoms with Crippen molar-refractivity contribution < 1.29 is 9.47 Å². The summed E-state index contributed by atoms with van der Waals surface area (Å²) in [5.41, 5.74) is 2.43. The number of nitriles is 1. The highest BCUT2D eigenvalue weighted by Crippen LogP contribution is 2.38. The van der Waals surface area contributed by atoms with Crippen molar-refractivity contribution in [2.24, 2.45) is 5.92 Å². The van der Waals surface area contributed by atoms with Gasteiger partial charge in [-0.3, -0.25) is 5.10 Å². The molecule has 0 spiro atoms. The number of aryl methyl sites for hydroxylation is 1. The van der Waals surface area contributed by atoms with Gasteiger partial charge < -0.3 is 20.1 Å². The van der Waals surface area contributed by atoms with E-state index >= 15 is 0 Å². The Balaban J connectivity index is 1.55. The van der Waals surface area contributed by atoms with E-state index in [1.54, 1.807) is 14.0 Å². The number of H-pyrrole nitrogens is 1. The van der Waals surface area contributed by atoms with Gasteiger partial charge in [-0.05, 0) is 38.4 Å². The maximum atomic E-state index is 9.01. The largest absolute Gasteiger partial charge is 0.496 e. The van der Waals surface area contributed by atoms with E-state index in [2.05, 4.69) is 30.8 Å². The lowest BCUT2D eigenvalue weighted by Crippen LogP contribution is -2.33. The predicted molar refractivity (Wildman–Crippen MR) is 116 cm³/mol. The van der Waals surface area contributed by atoms with Crippen LogP contribution < -0.4 is 20.1 Å². The molecule has 0 amide bonds. The van der Waals surface area contributed by atoms with Crippen LogP contribution in [0.25, 0.3) is 11.3 Å². The molecule has 1 saturated heterocycles. The first kappa shape index (κ1) is 20.6. The maximum absolute atomic E-state index is 9.01. The number of hydrogen-bond acceptors (Lipinski definition) is 8. The summed E-state index contributed by atoms with van der Waals surface area (Å²) >= 11 is 0. The SMILES string of the molecule is COc1cccc(OCC2CCCNC2)c1-c1cc(Nc2cnc(C#N)c(C)n2)n[nH]1. The fourth-order valence-electron chi connectivity index (χ4n) is 3.64. The highest BCUT2D eigenvalue weighted by molar-refractivity contribution is 5.76. The summed E-state index contributed by atoms with van der Waals surface area (Å²) < 4.78 is 11.8. The van der Waals surface area contributed by atoms with E-state index in [4.69, 9.17) is 14.7 Å². The summed E-state index contributed by atoms with van der Waals surface area (Å²) in [6.07, 6.45) is 3.84. The number of nitrogens with zero attached hydrogens (tertiary/aromatic N) is 4. The van der Waals surface area contributed by atoms with Crippen LogP contribution in [0, 0.1) is 24.2 Å². The number of piperidine rings is 1. The number of anilines is 2. The monoisotopic (exact) mass is 419 g/mol. The normalized spacial score (nSPS) is 15.8. The van der Waals surface area contributed by atoms with Gasteiger partial charge in [0, 0.05) is 18.5 Å². The molecule has 1 atom stereocenters. The van der Waals surface area contributed by atoms with E-state index in [0.29, 0.717) is 41.3 Å². The third-order valence-corrected chi connectivity index (χ3v) is 5.24. The van der Waals surface area contributed by atoms with Crippen LogP contribution in [-0.2, 0) is 0 Å². The second kappa shape index (κ2) is 9.45. The molecule has 3 N–H and O–H groups in total. The summed E-state index contributed by atoms with van der Waals surface area (Å²) in [5.74, 6) is 3.01. The number of nitrogens with one attached hydrogen (secondary N) is 3. The Morgan fingerprint density at radius 1 is 1.29 bits per heavy atom. The molecular formula is C22H25N7O2. The average molecular weight is 419 g/mol. The van der Waals surface area contributed by atoms with Crippen LogP contribution in [-0.4, -0.2) is 47.0 Å². The first-order valence-corrected chi connectivity index (χ1v) is 10.2. The molecule has 1 unspecified atom stereocenters. The smallest absolute Gasteiger partial charge is 0.161 e. The molecule has 0 aliphatic carbocycles. The van der Waals surface area contributed by atoms with Gasteiger partial charge in [-0.1, -0.05) is 6.07 Å². The van der Waals surface area contributed by atoms with Gasteiger partial charge in [-0.15, -0.1) is 0 Å². The van der Waals surface area contributed by atoms with E-state index in [0.717, 1.165) is 36.5 Å². The standard InChI is InChI=1S/C22H25N7O2/c1-14-17(10-23)25-12-21(26-14)27-20-9-16(28-29-20)22-18(30-2)6-3-7-19(22)31-13-15-5-4-8-24-11-15/h3,6-7,9,12,15,24H,4-5,8,11,13H2,1-2H3,(H2,26,27,28,29). The Bertz CT molecular complexity index is 1080. The van der Waals surface area contributed by atoms with Crippen molar-refractivity contribution >= 4 is 11.6 Å². The molecule has 9 heteroatoms. The van der Waals surface area contributed by atoms with E-state index in [1.807, 2.05) is 30.3 Å². The zero-order valence-electron chi connectivity index (χ0n) is 17.6. The van der Waals surface area contributed by atoms with Crippen LogP contribution in [0.5, 0.6) is 11.5 Å². The molecule has 3 aromatic rings. The Labute approximate surface area is 180 Å². The molecule has 1 fully saturated rings. The zero-order valence-corrected chi connectivity index (χ0v) is 17.6. The molecule has 0 radical (unpaired) electrons. The minimum atomic E-state index is 0.303. The number of hydrogen-bond donors (Lipinski definition) is 3. The zero-order chi connectivity index (χ0) is 21.6. The van der Waals surface area contributed by atoms with Crippen LogP contribution in [0.1, 0.15) is 24.2 Å². The second-order valence-electron chi connectivity index (χ2n) is 7.45. The van der Waals surface area contributed by atoms with Crippen molar-refractivity contribution in [3.8, 4) is 28.8 Å². The van der Waals surface area contributed by atoms with Gasteiger partial charge in [0.15, 0.2) is 11.5 Å². The van der Waals surface area contributed by atoms with Crippen molar-refractivity contribution in [2.75, 3.05) is 32.1 Å². The van der Waals surface area contributed by atoms with Crippen LogP contribution >= 0.6 is 0 Å². The Kier molecular flexibility index (Phi) is 6.29. The highest BCUT2D eigenvalue weighted by atomic mass is 16.5. The lowest BCUT2D eigenvalue weighted by Gasteiger charge is -2.23. The fourth-order valence-corrected chi connectivity index (χ4v) is 3.64. The van der Waals surface area contributed by atoms with Crippen molar-refractivity contribution in [3.05, 3.63) is 41.9 Å². The second-order valence-corrected chi connectivity index (χ2v) is 7.45. The van der Waals surface area contributed by atoms with Crippen molar-refractivity contribution in [1.29, 1.82) is 5.26 Å². The quantitative estimate of drug-likeness (QED) is 0.534. The summed E-state index contributed by atoms with van der Waals surface area (Å²) in [6.45, 7) is 4.44. The van der Waals surface area contributed by atoms with E-state index < -0.39 is 0 Å². The number of aromatic amines is 1. The first-order valence-electron chi connectivity index (χ1n) is 10.2. The molecule has 1 aliphatic rings. The predicted octanol–water partition coefficient (Wildman–Crippen LogP) is 3.18. The maximum Gasteiger partial charge on any atom is 0.161 e. The minimum absolute atomic E-state index is 0.303. The minimum Gasteiger partial charge on any atom is -0.496 e. The van der Waals surface area contributed by atoms with Crippen LogP contribution in [0.15, 0.2) is 30.5 Å². The van der Waals surface area contributed by atoms with Gasteiger partial charge >= 0.3 is 0 Å². The number of rotatable bonds is 7. The van der Waals surface area contributed by atoms with E-state index in [1.165, 1.54) is 12.6 Å². The highest BCUT2D eigenvalue weighted by Gasteiger charge is 2.19. The Morgan fingerprint density at radius 3 is 2.90 bits per heavy atom. The molecule has 0 bridgehead atoms. The average Bonchev–Trinajstić information content (AvgIpc) is 3.26. The lowest BCUT2D eigenvalue weighted by molar-refractivity contribution is 0.218.